The Morgan fingerprint density at radius 3 is 2.05 bits per heavy atom. The molecule has 0 aromatic carbocycles. The molecule has 1 aliphatic rings. The van der Waals surface area contributed by atoms with E-state index in [2.05, 4.69) is 30.1 Å². The third-order valence-electron chi connectivity index (χ3n) is 10.1. The number of ether oxygens (including phenoxy) is 3. The zero-order valence-electron chi connectivity index (χ0n) is 38.4. The smallest absolute Gasteiger partial charge is 0.462 e. The summed E-state index contributed by atoms with van der Waals surface area (Å²) in [6.07, 6.45) is 17.6. The van der Waals surface area contributed by atoms with E-state index in [4.69, 9.17) is 29.0 Å². The molecule has 1 aliphatic heterocycles. The number of aliphatic hydroxyl groups excluding tert-OH is 4. The zero-order chi connectivity index (χ0) is 49.0. The van der Waals surface area contributed by atoms with E-state index >= 15 is 0 Å². The molecule has 1 aromatic heterocycles. The number of rotatable bonds is 35. The number of nitrogens with two attached hydrogens (primary N) is 1. The van der Waals surface area contributed by atoms with Crippen molar-refractivity contribution in [2.24, 2.45) is 5.92 Å². The molecule has 0 saturated carbocycles. The maximum atomic E-state index is 12.8. The summed E-state index contributed by atoms with van der Waals surface area (Å²) < 4.78 is 56.3. The monoisotopic (exact) mass is 977 g/mol. The number of nitrogen functional groups attached to an aromatic ring is 1. The van der Waals surface area contributed by atoms with Gasteiger partial charge in [0.2, 0.25) is 0 Å². The molecular formula is C44H73N3O17P2. The van der Waals surface area contributed by atoms with Crippen LogP contribution in [-0.4, -0.2) is 108 Å². The number of hydrogen-bond acceptors (Lipinski definition) is 17. The van der Waals surface area contributed by atoms with E-state index in [1.54, 1.807) is 24.3 Å². The molecule has 1 fully saturated rings. The maximum Gasteiger partial charge on any atom is 0.481 e. The molecule has 1 aromatic rings. The average Bonchev–Trinajstić information content (AvgIpc) is 3.52. The summed E-state index contributed by atoms with van der Waals surface area (Å²) in [5.41, 5.74) is 4.55. The van der Waals surface area contributed by atoms with Crippen molar-refractivity contribution in [1.29, 1.82) is 0 Å². The van der Waals surface area contributed by atoms with Gasteiger partial charge in [-0.2, -0.15) is 9.29 Å². The first-order chi connectivity index (χ1) is 31.3. The van der Waals surface area contributed by atoms with Crippen molar-refractivity contribution in [2.75, 3.05) is 25.6 Å². The van der Waals surface area contributed by atoms with Gasteiger partial charge in [0, 0.05) is 19.0 Å². The Kier molecular flexibility index (Phi) is 28.8. The first-order valence-corrected chi connectivity index (χ1v) is 25.7. The lowest BCUT2D eigenvalue weighted by Crippen LogP contribution is -2.36. The summed E-state index contributed by atoms with van der Waals surface area (Å²) in [5, 5.41) is 41.1. The van der Waals surface area contributed by atoms with E-state index in [0.717, 1.165) is 75.0 Å². The molecule has 8 N–H and O–H groups in total. The SMILES string of the molecule is CCCCC[C@H](O)/C=C/C=C\C/C=C\C=C\[C@H](O)CCCC(=O)OC[C@H](COP(=O)(O)OP(=O)(O)OC[C@H]1O[C@@H](n2ccc(N)nc2=O)[C@H](O)[C@@H]1O)OC(=O)CCCCCCCCC(C)C. The molecule has 2 rings (SSSR count). The third-order valence-corrected chi connectivity index (χ3v) is 12.7. The van der Waals surface area contributed by atoms with E-state index in [-0.39, 0.29) is 31.5 Å². The normalized spacial score (nSPS) is 21.2. The van der Waals surface area contributed by atoms with Crippen molar-refractivity contribution >= 4 is 33.4 Å². The number of esters is 2. The van der Waals surface area contributed by atoms with Crippen LogP contribution in [0.15, 0.2) is 65.7 Å². The van der Waals surface area contributed by atoms with E-state index in [1.807, 2.05) is 24.3 Å². The lowest BCUT2D eigenvalue weighted by molar-refractivity contribution is -0.161. The fourth-order valence-corrected chi connectivity index (χ4v) is 8.53. The topological polar surface area (TPSA) is 306 Å². The molecule has 2 unspecified atom stereocenters. The maximum absolute atomic E-state index is 12.8. The van der Waals surface area contributed by atoms with Crippen LogP contribution in [0, 0.1) is 5.92 Å². The molecule has 9 atom stereocenters. The highest BCUT2D eigenvalue weighted by atomic mass is 31.3. The van der Waals surface area contributed by atoms with Gasteiger partial charge in [-0.3, -0.25) is 23.2 Å². The number of unbranched alkanes of at least 4 members (excludes halogenated alkanes) is 7. The molecule has 66 heavy (non-hydrogen) atoms. The van der Waals surface area contributed by atoms with Crippen LogP contribution in [0.1, 0.15) is 130 Å². The lowest BCUT2D eigenvalue weighted by Gasteiger charge is -2.21. The summed E-state index contributed by atoms with van der Waals surface area (Å²) in [7, 11) is -10.9. The Morgan fingerprint density at radius 2 is 1.41 bits per heavy atom. The zero-order valence-corrected chi connectivity index (χ0v) is 40.2. The highest BCUT2D eigenvalue weighted by molar-refractivity contribution is 7.61. The molecule has 2 heterocycles. The largest absolute Gasteiger partial charge is 0.481 e. The quantitative estimate of drug-likeness (QED) is 0.0177. The van der Waals surface area contributed by atoms with Crippen molar-refractivity contribution in [3.8, 4) is 0 Å². The third kappa shape index (κ3) is 26.3. The summed E-state index contributed by atoms with van der Waals surface area (Å²) >= 11 is 0. The number of allylic oxidation sites excluding steroid dienone is 6. The van der Waals surface area contributed by atoms with Gasteiger partial charge in [-0.1, -0.05) is 127 Å². The minimum atomic E-state index is -5.46. The number of aromatic nitrogens is 2. The number of carbonyl (C=O) groups is 2. The van der Waals surface area contributed by atoms with Crippen LogP contribution in [0.25, 0.3) is 0 Å². The summed E-state index contributed by atoms with van der Waals surface area (Å²) in [6.45, 7) is 3.95. The van der Waals surface area contributed by atoms with Gasteiger partial charge in [-0.15, -0.1) is 0 Å². The molecule has 0 radical (unpaired) electrons. The highest BCUT2D eigenvalue weighted by Crippen LogP contribution is 2.60. The Morgan fingerprint density at radius 1 is 0.818 bits per heavy atom. The number of hydrogen-bond donors (Lipinski definition) is 7. The van der Waals surface area contributed by atoms with Gasteiger partial charge in [-0.05, 0) is 44.1 Å². The van der Waals surface area contributed by atoms with Crippen LogP contribution < -0.4 is 11.4 Å². The Bertz CT molecular complexity index is 1840. The van der Waals surface area contributed by atoms with E-state index in [0.29, 0.717) is 18.8 Å². The van der Waals surface area contributed by atoms with Crippen LogP contribution in [0.5, 0.6) is 0 Å². The Balaban J connectivity index is 1.88. The van der Waals surface area contributed by atoms with Crippen LogP contribution in [0.3, 0.4) is 0 Å². The average molecular weight is 978 g/mol. The molecule has 22 heteroatoms. The standard InChI is InChI=1S/C44H73N3O17P2/c1-4-5-15-22-34(48)23-17-12-7-6-8-13-18-24-35(49)25-20-27-39(50)59-30-36(62-40(51)26-19-14-10-9-11-16-21-33(2)3)31-60-65(55,56)64-66(57,58)61-32-37-41(52)42(53)43(63-37)47-29-28-38(45)46-44(47)54/h7-8,12-13,17-18,23-24,28-29,33-37,41-43,48-49,52-53H,4-6,9-11,14-16,19-22,25-27,30-32H2,1-3H3,(H,55,56)(H,57,58)(H2,45,46,54)/b12-7-,13-8-,23-17+,24-18+/t34-,35-,36+,37+,41+,42+,43+/m0/s1. The lowest BCUT2D eigenvalue weighted by atomic mass is 10.0. The minimum absolute atomic E-state index is 0.00354. The second-order valence-electron chi connectivity index (χ2n) is 16.4. The van der Waals surface area contributed by atoms with Crippen LogP contribution in [0.2, 0.25) is 0 Å². The van der Waals surface area contributed by atoms with Crippen LogP contribution in [-0.2, 0) is 46.3 Å². The second kappa shape index (κ2) is 32.4. The fraction of sp³-hybridized carbons (Fsp3) is 0.682. The van der Waals surface area contributed by atoms with Crippen molar-refractivity contribution in [3.05, 3.63) is 71.4 Å². The molecule has 0 spiro atoms. The minimum Gasteiger partial charge on any atom is -0.462 e. The van der Waals surface area contributed by atoms with Gasteiger partial charge in [0.25, 0.3) is 0 Å². The molecule has 0 amide bonds. The van der Waals surface area contributed by atoms with Gasteiger partial charge in [-0.25, -0.2) is 13.9 Å². The van der Waals surface area contributed by atoms with E-state index < -0.39 is 95.9 Å². The number of phosphoric ester groups is 2. The van der Waals surface area contributed by atoms with Gasteiger partial charge >= 0.3 is 33.3 Å². The molecule has 0 aliphatic carbocycles. The number of anilines is 1. The second-order valence-corrected chi connectivity index (χ2v) is 19.5. The summed E-state index contributed by atoms with van der Waals surface area (Å²) in [4.78, 5) is 61.6. The van der Waals surface area contributed by atoms with Crippen LogP contribution in [0.4, 0.5) is 5.82 Å². The first-order valence-electron chi connectivity index (χ1n) is 22.7. The summed E-state index contributed by atoms with van der Waals surface area (Å²) in [5.74, 6) is -0.911. The van der Waals surface area contributed by atoms with E-state index in [1.165, 1.54) is 6.07 Å². The molecular weight excluding hydrogens is 904 g/mol. The van der Waals surface area contributed by atoms with E-state index in [9.17, 15) is 53.7 Å². The van der Waals surface area contributed by atoms with Gasteiger partial charge in [0.05, 0.1) is 25.4 Å². The summed E-state index contributed by atoms with van der Waals surface area (Å²) in [6, 6.07) is 1.23. The Hall–Kier alpha value is -3.36. The van der Waals surface area contributed by atoms with Gasteiger partial charge < -0.3 is 50.2 Å². The van der Waals surface area contributed by atoms with Gasteiger partial charge in [0.1, 0.15) is 30.7 Å². The van der Waals surface area contributed by atoms with Crippen molar-refractivity contribution in [2.45, 2.75) is 166 Å². The van der Waals surface area contributed by atoms with Crippen molar-refractivity contribution < 1.29 is 76.5 Å². The molecule has 0 bridgehead atoms. The Labute approximate surface area is 387 Å². The molecule has 1 saturated heterocycles. The van der Waals surface area contributed by atoms with Crippen molar-refractivity contribution in [3.63, 3.8) is 0 Å². The highest BCUT2D eigenvalue weighted by Gasteiger charge is 2.46. The predicted octanol–water partition coefficient (Wildman–Crippen LogP) is 6.01. The fourth-order valence-electron chi connectivity index (χ4n) is 6.42. The number of nitrogens with zero attached hydrogens (tertiary/aromatic N) is 2. The van der Waals surface area contributed by atoms with Crippen molar-refractivity contribution in [1.82, 2.24) is 9.55 Å². The predicted molar refractivity (Wildman–Crippen MR) is 245 cm³/mol. The number of carbonyl (C=O) groups excluding carboxylic acids is 2. The number of aliphatic hydroxyl groups is 4. The van der Waals surface area contributed by atoms with Crippen LogP contribution >= 0.6 is 15.6 Å². The molecule has 20 nitrogen and oxygen atoms in total. The molecule has 376 valence electrons. The van der Waals surface area contributed by atoms with Gasteiger partial charge in [0.15, 0.2) is 12.3 Å². The number of phosphoric acid groups is 2. The first kappa shape index (κ1) is 58.8.